The minimum atomic E-state index is -1.13. The Morgan fingerprint density at radius 3 is 2.40 bits per heavy atom. The number of halogens is 2. The van der Waals surface area contributed by atoms with Crippen LogP contribution in [0.25, 0.3) is 0 Å². The predicted octanol–water partition coefficient (Wildman–Crippen LogP) is 2.10. The van der Waals surface area contributed by atoms with Gasteiger partial charge in [0, 0.05) is 6.20 Å². The summed E-state index contributed by atoms with van der Waals surface area (Å²) >= 11 is 0. The number of aliphatic carboxylic acids is 1. The molecule has 2 rings (SSSR count). The summed E-state index contributed by atoms with van der Waals surface area (Å²) in [5, 5.41) is 10.8. The van der Waals surface area contributed by atoms with E-state index in [4.69, 9.17) is 5.11 Å². The number of hydrogen-bond donors (Lipinski definition) is 2. The summed E-state index contributed by atoms with van der Waals surface area (Å²) < 4.78 is 28.0. The first kappa shape index (κ1) is 13.7. The zero-order chi connectivity index (χ0) is 14.7. The van der Waals surface area contributed by atoms with Crippen molar-refractivity contribution in [2.75, 3.05) is 5.32 Å². The number of hydrogen-bond acceptors (Lipinski definition) is 2. The van der Waals surface area contributed by atoms with E-state index in [1.165, 1.54) is 24.4 Å². The monoisotopic (exact) mass is 280 g/mol. The SMILES string of the molecule is O=C(O)Cn1cccc1C(=O)Nc1c(F)cccc1F. The molecule has 0 radical (unpaired) electrons. The predicted molar refractivity (Wildman–Crippen MR) is 66.4 cm³/mol. The Labute approximate surface area is 112 Å². The molecular weight excluding hydrogens is 270 g/mol. The molecule has 1 aromatic carbocycles. The Morgan fingerprint density at radius 1 is 1.15 bits per heavy atom. The van der Waals surface area contributed by atoms with Crippen LogP contribution in [-0.2, 0) is 11.3 Å². The smallest absolute Gasteiger partial charge is 0.323 e. The Bertz CT molecular complexity index is 647. The van der Waals surface area contributed by atoms with Gasteiger partial charge in [0.05, 0.1) is 0 Å². The van der Waals surface area contributed by atoms with Crippen molar-refractivity contribution in [2.24, 2.45) is 0 Å². The fourth-order valence-electron chi connectivity index (χ4n) is 1.70. The lowest BCUT2D eigenvalue weighted by atomic mass is 10.2. The molecule has 0 bridgehead atoms. The molecule has 0 aliphatic rings. The van der Waals surface area contributed by atoms with Gasteiger partial charge in [0.25, 0.3) is 5.91 Å². The Kier molecular flexibility index (Phi) is 3.79. The van der Waals surface area contributed by atoms with Crippen LogP contribution in [0.1, 0.15) is 10.5 Å². The molecule has 1 heterocycles. The largest absolute Gasteiger partial charge is 0.480 e. The molecule has 1 amide bonds. The highest BCUT2D eigenvalue weighted by molar-refractivity contribution is 6.03. The molecule has 0 saturated carbocycles. The van der Waals surface area contributed by atoms with Gasteiger partial charge in [-0.2, -0.15) is 0 Å². The van der Waals surface area contributed by atoms with Crippen LogP contribution in [0.2, 0.25) is 0 Å². The van der Waals surface area contributed by atoms with E-state index < -0.39 is 35.7 Å². The second kappa shape index (κ2) is 5.52. The number of carboxylic acids is 1. The summed E-state index contributed by atoms with van der Waals surface area (Å²) in [6.45, 7) is -0.421. The van der Waals surface area contributed by atoms with Gasteiger partial charge >= 0.3 is 5.97 Å². The molecular formula is C13H10F2N2O3. The number of rotatable bonds is 4. The Hall–Kier alpha value is -2.70. The molecule has 0 saturated heterocycles. The maximum absolute atomic E-state index is 13.4. The third-order valence-corrected chi connectivity index (χ3v) is 2.57. The van der Waals surface area contributed by atoms with E-state index in [1.54, 1.807) is 0 Å². The summed E-state index contributed by atoms with van der Waals surface area (Å²) in [6.07, 6.45) is 1.39. The van der Waals surface area contributed by atoms with Crippen molar-refractivity contribution >= 4 is 17.6 Å². The number of carbonyl (C=O) groups is 2. The van der Waals surface area contributed by atoms with Crippen molar-refractivity contribution < 1.29 is 23.5 Å². The number of carbonyl (C=O) groups excluding carboxylic acids is 1. The highest BCUT2D eigenvalue weighted by Crippen LogP contribution is 2.19. The van der Waals surface area contributed by atoms with Gasteiger partial charge in [-0.3, -0.25) is 9.59 Å². The van der Waals surface area contributed by atoms with Crippen LogP contribution in [-0.4, -0.2) is 21.6 Å². The average molecular weight is 280 g/mol. The number of carboxylic acid groups (broad SMARTS) is 1. The molecule has 104 valence electrons. The minimum Gasteiger partial charge on any atom is -0.480 e. The maximum atomic E-state index is 13.4. The second-order valence-corrected chi connectivity index (χ2v) is 3.97. The number of benzene rings is 1. The van der Waals surface area contributed by atoms with Gasteiger partial charge in [0.15, 0.2) is 0 Å². The van der Waals surface area contributed by atoms with E-state index in [9.17, 15) is 18.4 Å². The van der Waals surface area contributed by atoms with E-state index in [-0.39, 0.29) is 5.69 Å². The van der Waals surface area contributed by atoms with Gasteiger partial charge in [-0.25, -0.2) is 8.78 Å². The molecule has 0 aliphatic heterocycles. The summed E-state index contributed by atoms with van der Waals surface area (Å²) in [4.78, 5) is 22.6. The van der Waals surface area contributed by atoms with Gasteiger partial charge in [-0.05, 0) is 24.3 Å². The number of anilines is 1. The molecule has 0 aliphatic carbocycles. The van der Waals surface area contributed by atoms with Crippen molar-refractivity contribution in [1.29, 1.82) is 0 Å². The van der Waals surface area contributed by atoms with Crippen LogP contribution in [0, 0.1) is 11.6 Å². The molecule has 2 N–H and O–H groups in total. The van der Waals surface area contributed by atoms with Gasteiger partial charge in [0.2, 0.25) is 0 Å². The van der Waals surface area contributed by atoms with E-state index in [2.05, 4.69) is 5.32 Å². The first-order chi connectivity index (χ1) is 9.49. The third-order valence-electron chi connectivity index (χ3n) is 2.57. The molecule has 2 aromatic rings. The van der Waals surface area contributed by atoms with Crippen LogP contribution < -0.4 is 5.32 Å². The summed E-state index contributed by atoms with van der Waals surface area (Å²) in [7, 11) is 0. The van der Waals surface area contributed by atoms with Crippen LogP contribution in [0.4, 0.5) is 14.5 Å². The maximum Gasteiger partial charge on any atom is 0.323 e. The van der Waals surface area contributed by atoms with Gasteiger partial charge < -0.3 is 15.0 Å². The van der Waals surface area contributed by atoms with Crippen molar-refractivity contribution in [3.05, 3.63) is 53.9 Å². The minimum absolute atomic E-state index is 0.00458. The van der Waals surface area contributed by atoms with Crippen LogP contribution in [0.3, 0.4) is 0 Å². The molecule has 0 fully saturated rings. The van der Waals surface area contributed by atoms with Crippen molar-refractivity contribution in [2.45, 2.75) is 6.54 Å². The molecule has 20 heavy (non-hydrogen) atoms. The number of amides is 1. The van der Waals surface area contributed by atoms with Gasteiger partial charge in [-0.15, -0.1) is 0 Å². The molecule has 1 aromatic heterocycles. The summed E-state index contributed by atoms with van der Waals surface area (Å²) in [5.74, 6) is -3.74. The lowest BCUT2D eigenvalue weighted by molar-refractivity contribution is -0.137. The first-order valence-electron chi connectivity index (χ1n) is 5.61. The van der Waals surface area contributed by atoms with E-state index in [1.807, 2.05) is 0 Å². The van der Waals surface area contributed by atoms with E-state index >= 15 is 0 Å². The standard InChI is InChI=1S/C13H10F2N2O3/c14-8-3-1-4-9(15)12(8)16-13(20)10-5-2-6-17(10)7-11(18)19/h1-6H,7H2,(H,16,20)(H,18,19). The van der Waals surface area contributed by atoms with Crippen molar-refractivity contribution in [3.8, 4) is 0 Å². The lowest BCUT2D eigenvalue weighted by Gasteiger charge is -2.09. The van der Waals surface area contributed by atoms with Crippen molar-refractivity contribution in [1.82, 2.24) is 4.57 Å². The highest BCUT2D eigenvalue weighted by Gasteiger charge is 2.16. The lowest BCUT2D eigenvalue weighted by Crippen LogP contribution is -2.20. The Morgan fingerprint density at radius 2 is 1.80 bits per heavy atom. The van der Waals surface area contributed by atoms with Crippen molar-refractivity contribution in [3.63, 3.8) is 0 Å². The summed E-state index contributed by atoms with van der Waals surface area (Å²) in [6, 6.07) is 6.02. The van der Waals surface area contributed by atoms with Crippen LogP contribution in [0.5, 0.6) is 0 Å². The number of aromatic nitrogens is 1. The zero-order valence-corrected chi connectivity index (χ0v) is 10.1. The van der Waals surface area contributed by atoms with Crippen LogP contribution in [0.15, 0.2) is 36.5 Å². The number of nitrogens with one attached hydrogen (secondary N) is 1. The first-order valence-corrected chi connectivity index (χ1v) is 5.61. The zero-order valence-electron chi connectivity index (χ0n) is 10.1. The number of nitrogens with zero attached hydrogens (tertiary/aromatic N) is 1. The average Bonchev–Trinajstić information content (AvgIpc) is 2.81. The van der Waals surface area contributed by atoms with Crippen LogP contribution >= 0.6 is 0 Å². The molecule has 7 heteroatoms. The van der Waals surface area contributed by atoms with Gasteiger partial charge in [-0.1, -0.05) is 6.07 Å². The molecule has 0 unspecified atom stereocenters. The third kappa shape index (κ3) is 2.82. The van der Waals surface area contributed by atoms with Gasteiger partial charge in [0.1, 0.15) is 29.6 Å². The molecule has 0 atom stereocenters. The normalized spacial score (nSPS) is 10.3. The molecule has 5 nitrogen and oxygen atoms in total. The van der Waals surface area contributed by atoms with E-state index in [0.29, 0.717) is 0 Å². The summed E-state index contributed by atoms with van der Waals surface area (Å²) in [5.41, 5.74) is -0.573. The highest BCUT2D eigenvalue weighted by atomic mass is 19.1. The van der Waals surface area contributed by atoms with E-state index in [0.717, 1.165) is 16.7 Å². The number of para-hydroxylation sites is 1. The quantitative estimate of drug-likeness (QED) is 0.901. The molecule has 0 spiro atoms. The topological polar surface area (TPSA) is 71.3 Å². The Balaban J connectivity index is 2.25. The fourth-order valence-corrected chi connectivity index (χ4v) is 1.70. The fraction of sp³-hybridized carbons (Fsp3) is 0.0769. The second-order valence-electron chi connectivity index (χ2n) is 3.97.